The highest BCUT2D eigenvalue weighted by atomic mass is 16.4. The van der Waals surface area contributed by atoms with Crippen molar-refractivity contribution < 1.29 is 14.7 Å². The molecule has 2 aliphatic carbocycles. The largest absolute Gasteiger partial charge is 0.481 e. The van der Waals surface area contributed by atoms with Crippen LogP contribution in [-0.2, 0) is 16.1 Å². The molecular weight excluding hydrogens is 390 g/mol. The molecular formula is C25H23N3O3. The second kappa shape index (κ2) is 7.87. The Hall–Kier alpha value is -3.67. The minimum absolute atomic E-state index is 0.00624. The van der Waals surface area contributed by atoms with Crippen LogP contribution in [0.25, 0.3) is 16.9 Å². The van der Waals surface area contributed by atoms with Crippen LogP contribution in [0.1, 0.15) is 12.0 Å². The van der Waals surface area contributed by atoms with Gasteiger partial charge in [0.1, 0.15) is 0 Å². The summed E-state index contributed by atoms with van der Waals surface area (Å²) in [6.45, 7) is 0.292. The van der Waals surface area contributed by atoms with E-state index < -0.39 is 17.8 Å². The fourth-order valence-corrected chi connectivity index (χ4v) is 4.91. The zero-order chi connectivity index (χ0) is 21.4. The molecule has 0 spiro atoms. The molecule has 2 aromatic carbocycles. The number of rotatable bonds is 6. The first-order valence-electron chi connectivity index (χ1n) is 10.5. The zero-order valence-corrected chi connectivity index (χ0v) is 16.9. The third-order valence-corrected chi connectivity index (χ3v) is 6.36. The highest BCUT2D eigenvalue weighted by Gasteiger charge is 2.51. The maximum absolute atomic E-state index is 13.0. The third kappa shape index (κ3) is 3.54. The highest BCUT2D eigenvalue weighted by Crippen LogP contribution is 2.48. The van der Waals surface area contributed by atoms with Gasteiger partial charge in [-0.1, -0.05) is 60.7 Å². The number of nitrogens with one attached hydrogen (secondary N) is 1. The topological polar surface area (TPSA) is 84.2 Å². The first kappa shape index (κ1) is 19.3. The van der Waals surface area contributed by atoms with Crippen LogP contribution >= 0.6 is 0 Å². The van der Waals surface area contributed by atoms with Crippen molar-refractivity contribution in [2.75, 3.05) is 0 Å². The maximum atomic E-state index is 13.0. The van der Waals surface area contributed by atoms with E-state index in [1.165, 1.54) is 0 Å². The minimum Gasteiger partial charge on any atom is -0.481 e. The number of carbonyl (C=O) groups excluding carboxylic acids is 1. The van der Waals surface area contributed by atoms with Gasteiger partial charge in [-0.3, -0.25) is 9.59 Å². The summed E-state index contributed by atoms with van der Waals surface area (Å²) in [4.78, 5) is 24.8. The quantitative estimate of drug-likeness (QED) is 0.604. The average molecular weight is 413 g/mol. The van der Waals surface area contributed by atoms with E-state index in [9.17, 15) is 14.7 Å². The lowest BCUT2D eigenvalue weighted by Gasteiger charge is -2.23. The summed E-state index contributed by atoms with van der Waals surface area (Å²) in [5, 5.41) is 17.4. The maximum Gasteiger partial charge on any atom is 0.307 e. The second-order valence-electron chi connectivity index (χ2n) is 8.21. The van der Waals surface area contributed by atoms with Gasteiger partial charge < -0.3 is 10.4 Å². The van der Waals surface area contributed by atoms with Gasteiger partial charge in [0.2, 0.25) is 5.91 Å². The monoisotopic (exact) mass is 413 g/mol. The molecule has 31 heavy (non-hydrogen) atoms. The van der Waals surface area contributed by atoms with Crippen LogP contribution < -0.4 is 5.32 Å². The van der Waals surface area contributed by atoms with Crippen LogP contribution in [0.15, 0.2) is 79.0 Å². The predicted octanol–water partition coefficient (Wildman–Crippen LogP) is 3.68. The first-order chi connectivity index (χ1) is 15.1. The van der Waals surface area contributed by atoms with Crippen LogP contribution in [0, 0.1) is 23.7 Å². The molecule has 0 unspecified atom stereocenters. The van der Waals surface area contributed by atoms with Gasteiger partial charge in [0.15, 0.2) is 0 Å². The summed E-state index contributed by atoms with van der Waals surface area (Å²) in [7, 11) is 0. The van der Waals surface area contributed by atoms with E-state index in [0.29, 0.717) is 6.54 Å². The zero-order valence-electron chi connectivity index (χ0n) is 16.9. The standard InChI is InChI=1S/C25H23N3O3/c29-24(21-17-11-12-18(13-17)22(21)25(30)31)26-14-19-15-28(20-9-5-2-6-10-20)27-23(19)16-7-3-1-4-8-16/h1-12,15,17-18,21-22H,13-14H2,(H,26,29)(H,30,31)/t17-,18-,21-,22+/m0/s1. The van der Waals surface area contributed by atoms with E-state index in [1.54, 1.807) is 0 Å². The van der Waals surface area contributed by atoms with Gasteiger partial charge >= 0.3 is 5.97 Å². The van der Waals surface area contributed by atoms with Crippen molar-refractivity contribution in [2.24, 2.45) is 23.7 Å². The molecule has 0 aliphatic heterocycles. The number of hydrogen-bond acceptors (Lipinski definition) is 3. The number of fused-ring (bicyclic) bond motifs is 2. The van der Waals surface area contributed by atoms with Gasteiger partial charge in [0.05, 0.1) is 23.2 Å². The second-order valence-corrected chi connectivity index (χ2v) is 8.21. The number of aliphatic carboxylic acids is 1. The fourth-order valence-electron chi connectivity index (χ4n) is 4.91. The summed E-state index contributed by atoms with van der Waals surface area (Å²) in [6, 6.07) is 19.7. The Kier molecular flexibility index (Phi) is 4.90. The van der Waals surface area contributed by atoms with Gasteiger partial charge in [-0.25, -0.2) is 4.68 Å². The normalized spacial score (nSPS) is 23.7. The molecule has 0 saturated heterocycles. The minimum atomic E-state index is -0.890. The van der Waals surface area contributed by atoms with Crippen molar-refractivity contribution in [3.8, 4) is 16.9 Å². The van der Waals surface area contributed by atoms with Gasteiger partial charge in [-0.15, -0.1) is 0 Å². The molecule has 3 aromatic rings. The van der Waals surface area contributed by atoms with Gasteiger partial charge in [-0.2, -0.15) is 5.10 Å². The number of amides is 1. The molecule has 2 bridgehead atoms. The smallest absolute Gasteiger partial charge is 0.307 e. The van der Waals surface area contributed by atoms with E-state index in [2.05, 4.69) is 5.32 Å². The Labute approximate surface area is 180 Å². The first-order valence-corrected chi connectivity index (χ1v) is 10.5. The van der Waals surface area contributed by atoms with Gasteiger partial charge in [0.25, 0.3) is 0 Å². The molecule has 5 rings (SSSR count). The Morgan fingerprint density at radius 3 is 2.29 bits per heavy atom. The highest BCUT2D eigenvalue weighted by molar-refractivity contribution is 5.87. The van der Waals surface area contributed by atoms with Crippen molar-refractivity contribution in [3.63, 3.8) is 0 Å². The van der Waals surface area contributed by atoms with Crippen LogP contribution in [0.3, 0.4) is 0 Å². The lowest BCUT2D eigenvalue weighted by Crippen LogP contribution is -2.39. The van der Waals surface area contributed by atoms with Crippen molar-refractivity contribution in [2.45, 2.75) is 13.0 Å². The van der Waals surface area contributed by atoms with E-state index in [4.69, 9.17) is 5.10 Å². The molecule has 2 aliphatic rings. The third-order valence-electron chi connectivity index (χ3n) is 6.36. The van der Waals surface area contributed by atoms with E-state index in [1.807, 2.05) is 83.7 Å². The molecule has 1 amide bonds. The molecule has 6 heteroatoms. The molecule has 1 fully saturated rings. The fraction of sp³-hybridized carbons (Fsp3) is 0.240. The number of carboxylic acid groups (broad SMARTS) is 1. The van der Waals surface area contributed by atoms with E-state index in [-0.39, 0.29) is 17.7 Å². The Morgan fingerprint density at radius 2 is 1.61 bits per heavy atom. The molecule has 4 atom stereocenters. The van der Waals surface area contributed by atoms with Gasteiger partial charge in [-0.05, 0) is 30.4 Å². The number of carboxylic acids is 1. The number of carbonyl (C=O) groups is 2. The SMILES string of the molecule is O=C(NCc1cn(-c2ccccc2)nc1-c1ccccc1)[C@@H]1[C@H](C(=O)O)[C@H]2C=C[C@H]1C2. The van der Waals surface area contributed by atoms with Crippen molar-refractivity contribution >= 4 is 11.9 Å². The number of allylic oxidation sites excluding steroid dienone is 2. The average Bonchev–Trinajstić information content (AvgIpc) is 3.53. The van der Waals surface area contributed by atoms with Crippen LogP contribution in [0.5, 0.6) is 0 Å². The molecule has 6 nitrogen and oxygen atoms in total. The lowest BCUT2D eigenvalue weighted by atomic mass is 9.82. The molecule has 0 radical (unpaired) electrons. The predicted molar refractivity (Wildman–Crippen MR) is 116 cm³/mol. The summed E-state index contributed by atoms with van der Waals surface area (Å²) in [5.74, 6) is -2.28. The van der Waals surface area contributed by atoms with Crippen LogP contribution in [0.4, 0.5) is 0 Å². The number of hydrogen-bond donors (Lipinski definition) is 2. The summed E-state index contributed by atoms with van der Waals surface area (Å²) in [6.07, 6.45) is 6.62. The van der Waals surface area contributed by atoms with Crippen molar-refractivity contribution in [1.29, 1.82) is 0 Å². The molecule has 1 heterocycles. The Balaban J connectivity index is 1.41. The van der Waals surface area contributed by atoms with Crippen LogP contribution in [-0.4, -0.2) is 26.8 Å². The summed E-state index contributed by atoms with van der Waals surface area (Å²) in [5.41, 5.74) is 3.58. The summed E-state index contributed by atoms with van der Waals surface area (Å²) >= 11 is 0. The Bertz CT molecular complexity index is 1140. The number of nitrogens with zero attached hydrogens (tertiary/aromatic N) is 2. The van der Waals surface area contributed by atoms with E-state index >= 15 is 0 Å². The molecule has 1 aromatic heterocycles. The van der Waals surface area contributed by atoms with Crippen molar-refractivity contribution in [3.05, 3.63) is 84.6 Å². The molecule has 156 valence electrons. The van der Waals surface area contributed by atoms with Gasteiger partial charge in [0, 0.05) is 23.9 Å². The number of para-hydroxylation sites is 1. The Morgan fingerprint density at radius 1 is 0.968 bits per heavy atom. The molecule has 1 saturated carbocycles. The van der Waals surface area contributed by atoms with Crippen LogP contribution in [0.2, 0.25) is 0 Å². The summed E-state index contributed by atoms with van der Waals surface area (Å²) < 4.78 is 1.81. The number of benzene rings is 2. The van der Waals surface area contributed by atoms with E-state index in [0.717, 1.165) is 28.9 Å². The lowest BCUT2D eigenvalue weighted by molar-refractivity contribution is -0.147. The molecule has 2 N–H and O–H groups in total. The number of aromatic nitrogens is 2. The van der Waals surface area contributed by atoms with Crippen molar-refractivity contribution in [1.82, 2.24) is 15.1 Å².